The van der Waals surface area contributed by atoms with E-state index in [9.17, 15) is 4.79 Å². The molecule has 0 saturated carbocycles. The van der Waals surface area contributed by atoms with Gasteiger partial charge in [0.05, 0.1) is 19.3 Å². The highest BCUT2D eigenvalue weighted by atomic mass is 16.5. The van der Waals surface area contributed by atoms with Gasteiger partial charge in [-0.3, -0.25) is 0 Å². The molecule has 0 aromatic heterocycles. The van der Waals surface area contributed by atoms with Gasteiger partial charge in [-0.25, -0.2) is 4.79 Å². The summed E-state index contributed by atoms with van der Waals surface area (Å²) in [4.78, 5) is 11.4. The molecule has 0 aliphatic carbocycles. The summed E-state index contributed by atoms with van der Waals surface area (Å²) >= 11 is 0. The maximum Gasteiger partial charge on any atom is 0.338 e. The Morgan fingerprint density at radius 1 is 1.40 bits per heavy atom. The summed E-state index contributed by atoms with van der Waals surface area (Å²) in [5, 5.41) is 0. The smallest absolute Gasteiger partial charge is 0.338 e. The fourth-order valence-corrected chi connectivity index (χ4v) is 1.24. The number of ether oxygens (including phenoxy) is 2. The van der Waals surface area contributed by atoms with Crippen LogP contribution in [-0.2, 0) is 4.74 Å². The van der Waals surface area contributed by atoms with Crippen molar-refractivity contribution in [3.63, 3.8) is 0 Å². The molecule has 0 unspecified atom stereocenters. The Bertz CT molecular complexity index is 345. The molecule has 0 spiro atoms. The number of hydrogen-bond donors (Lipinski definition) is 0. The molecule has 1 aromatic rings. The summed E-state index contributed by atoms with van der Waals surface area (Å²) in [5.74, 6) is 0.386. The van der Waals surface area contributed by atoms with E-state index < -0.39 is 0 Å². The summed E-state index contributed by atoms with van der Waals surface area (Å²) < 4.78 is 10.1. The maximum atomic E-state index is 11.4. The minimum absolute atomic E-state index is 0.325. The topological polar surface area (TPSA) is 35.5 Å². The van der Waals surface area contributed by atoms with Crippen LogP contribution in [0.3, 0.4) is 0 Å². The first kappa shape index (κ1) is 11.6. The van der Waals surface area contributed by atoms with Crippen molar-refractivity contribution >= 4 is 5.97 Å². The van der Waals surface area contributed by atoms with Crippen molar-refractivity contribution in [3.05, 3.63) is 29.3 Å². The normalized spacial score (nSPS) is 9.80. The molecule has 0 aliphatic heterocycles. The lowest BCUT2D eigenvalue weighted by molar-refractivity contribution is 0.0599. The van der Waals surface area contributed by atoms with Crippen molar-refractivity contribution in [1.82, 2.24) is 0 Å². The number of rotatable bonds is 4. The summed E-state index contributed by atoms with van der Waals surface area (Å²) in [6, 6.07) is 5.44. The van der Waals surface area contributed by atoms with Crippen LogP contribution in [0.15, 0.2) is 18.2 Å². The second-order valence-corrected chi connectivity index (χ2v) is 3.32. The number of carbonyl (C=O) groups excluding carboxylic acids is 1. The van der Waals surface area contributed by atoms with E-state index in [-0.39, 0.29) is 5.97 Å². The van der Waals surface area contributed by atoms with Crippen molar-refractivity contribution in [2.45, 2.75) is 20.3 Å². The molecular formula is C12H16O3. The van der Waals surface area contributed by atoms with Crippen LogP contribution in [0.25, 0.3) is 0 Å². The van der Waals surface area contributed by atoms with Gasteiger partial charge in [-0.15, -0.1) is 0 Å². The lowest BCUT2D eigenvalue weighted by Gasteiger charge is -2.08. The van der Waals surface area contributed by atoms with E-state index in [4.69, 9.17) is 4.74 Å². The Kier molecular flexibility index (Phi) is 4.16. The third-order valence-electron chi connectivity index (χ3n) is 2.09. The Morgan fingerprint density at radius 2 is 2.13 bits per heavy atom. The monoisotopic (exact) mass is 208 g/mol. The number of benzene rings is 1. The maximum absolute atomic E-state index is 11.4. The average molecular weight is 208 g/mol. The summed E-state index contributed by atoms with van der Waals surface area (Å²) in [6.07, 6.45) is 0.946. The summed E-state index contributed by atoms with van der Waals surface area (Å²) in [7, 11) is 1.38. The van der Waals surface area contributed by atoms with Crippen LogP contribution in [-0.4, -0.2) is 19.7 Å². The first-order chi connectivity index (χ1) is 7.19. The molecule has 0 heterocycles. The molecule has 0 amide bonds. The van der Waals surface area contributed by atoms with Crippen molar-refractivity contribution in [2.75, 3.05) is 13.7 Å². The second kappa shape index (κ2) is 5.39. The van der Waals surface area contributed by atoms with Gasteiger partial charge in [-0.2, -0.15) is 0 Å². The molecule has 0 aliphatic rings. The molecule has 0 bridgehead atoms. The first-order valence-electron chi connectivity index (χ1n) is 5.00. The molecule has 15 heavy (non-hydrogen) atoms. The Hall–Kier alpha value is -1.51. The molecule has 0 fully saturated rings. The minimum Gasteiger partial charge on any atom is -0.494 e. The zero-order valence-electron chi connectivity index (χ0n) is 9.37. The van der Waals surface area contributed by atoms with Gasteiger partial charge in [-0.05, 0) is 31.0 Å². The molecule has 3 nitrogen and oxygen atoms in total. The molecule has 0 saturated heterocycles. The van der Waals surface area contributed by atoms with Crippen LogP contribution in [0.5, 0.6) is 5.75 Å². The molecule has 0 radical (unpaired) electrons. The van der Waals surface area contributed by atoms with Gasteiger partial charge in [0.2, 0.25) is 0 Å². The lowest BCUT2D eigenvalue weighted by Crippen LogP contribution is -2.04. The molecular weight excluding hydrogens is 192 g/mol. The van der Waals surface area contributed by atoms with Crippen LogP contribution in [0.4, 0.5) is 0 Å². The highest BCUT2D eigenvalue weighted by Crippen LogP contribution is 2.18. The fraction of sp³-hybridized carbons (Fsp3) is 0.417. The van der Waals surface area contributed by atoms with E-state index in [0.29, 0.717) is 17.9 Å². The fourth-order valence-electron chi connectivity index (χ4n) is 1.24. The number of esters is 1. The standard InChI is InChI=1S/C12H16O3/c1-4-7-15-10-6-5-9(2)11(8-10)12(13)14-3/h5-6,8H,4,7H2,1-3H3. The quantitative estimate of drug-likeness (QED) is 0.713. The zero-order chi connectivity index (χ0) is 11.3. The van der Waals surface area contributed by atoms with Gasteiger partial charge in [0, 0.05) is 0 Å². The van der Waals surface area contributed by atoms with Gasteiger partial charge in [0.15, 0.2) is 0 Å². The van der Waals surface area contributed by atoms with Crippen molar-refractivity contribution in [2.24, 2.45) is 0 Å². The molecule has 82 valence electrons. The van der Waals surface area contributed by atoms with Crippen LogP contribution < -0.4 is 4.74 Å². The summed E-state index contributed by atoms with van der Waals surface area (Å²) in [6.45, 7) is 4.56. The van der Waals surface area contributed by atoms with E-state index in [2.05, 4.69) is 4.74 Å². The van der Waals surface area contributed by atoms with Gasteiger partial charge < -0.3 is 9.47 Å². The Balaban J connectivity index is 2.89. The lowest BCUT2D eigenvalue weighted by atomic mass is 10.1. The predicted molar refractivity (Wildman–Crippen MR) is 58.3 cm³/mol. The van der Waals surface area contributed by atoms with Gasteiger partial charge in [0.1, 0.15) is 5.75 Å². The number of carbonyl (C=O) groups is 1. The van der Waals surface area contributed by atoms with Crippen LogP contribution >= 0.6 is 0 Å². The third-order valence-corrected chi connectivity index (χ3v) is 2.09. The second-order valence-electron chi connectivity index (χ2n) is 3.32. The number of hydrogen-bond acceptors (Lipinski definition) is 3. The highest BCUT2D eigenvalue weighted by molar-refractivity contribution is 5.91. The zero-order valence-corrected chi connectivity index (χ0v) is 9.37. The first-order valence-corrected chi connectivity index (χ1v) is 5.00. The Labute approximate surface area is 90.0 Å². The third kappa shape index (κ3) is 2.98. The van der Waals surface area contributed by atoms with Crippen molar-refractivity contribution in [3.8, 4) is 5.75 Å². The summed E-state index contributed by atoms with van der Waals surface area (Å²) in [5.41, 5.74) is 1.46. The van der Waals surface area contributed by atoms with Crippen LogP contribution in [0.2, 0.25) is 0 Å². The highest BCUT2D eigenvalue weighted by Gasteiger charge is 2.09. The van der Waals surface area contributed by atoms with E-state index in [1.165, 1.54) is 7.11 Å². The SMILES string of the molecule is CCCOc1ccc(C)c(C(=O)OC)c1. The van der Waals surface area contributed by atoms with Crippen molar-refractivity contribution < 1.29 is 14.3 Å². The van der Waals surface area contributed by atoms with Gasteiger partial charge in [0.25, 0.3) is 0 Å². The van der Waals surface area contributed by atoms with E-state index in [1.54, 1.807) is 6.07 Å². The number of aryl methyl sites for hydroxylation is 1. The molecule has 1 aromatic carbocycles. The van der Waals surface area contributed by atoms with E-state index >= 15 is 0 Å². The minimum atomic E-state index is -0.325. The average Bonchev–Trinajstić information content (AvgIpc) is 2.27. The molecule has 0 N–H and O–H groups in total. The largest absolute Gasteiger partial charge is 0.494 e. The molecule has 3 heteroatoms. The Morgan fingerprint density at radius 3 is 2.73 bits per heavy atom. The van der Waals surface area contributed by atoms with E-state index in [0.717, 1.165) is 12.0 Å². The molecule has 1 rings (SSSR count). The molecule has 0 atom stereocenters. The predicted octanol–water partition coefficient (Wildman–Crippen LogP) is 2.57. The van der Waals surface area contributed by atoms with Crippen molar-refractivity contribution in [1.29, 1.82) is 0 Å². The van der Waals surface area contributed by atoms with E-state index in [1.807, 2.05) is 26.0 Å². The number of methoxy groups -OCH3 is 1. The van der Waals surface area contributed by atoms with Gasteiger partial charge in [-0.1, -0.05) is 13.0 Å². The van der Waals surface area contributed by atoms with Crippen LogP contribution in [0, 0.1) is 6.92 Å². The van der Waals surface area contributed by atoms with Crippen LogP contribution in [0.1, 0.15) is 29.3 Å². The van der Waals surface area contributed by atoms with Gasteiger partial charge >= 0.3 is 5.97 Å².